The standard InChI is InChI=1S/C20H28N4O2/c1-13(2)12-24-15(4)18(14(3)22-24)11-19(25)21-17-9-7-8-16(10-17)20(26)23(5)6/h7-10,13H,11-12H2,1-6H3,(H,21,25). The van der Waals surface area contributed by atoms with Crippen molar-refractivity contribution in [1.29, 1.82) is 0 Å². The summed E-state index contributed by atoms with van der Waals surface area (Å²) in [5, 5.41) is 7.44. The van der Waals surface area contributed by atoms with Gasteiger partial charge in [0.15, 0.2) is 0 Å². The van der Waals surface area contributed by atoms with Gasteiger partial charge in [-0.25, -0.2) is 0 Å². The number of carbonyl (C=O) groups is 2. The zero-order valence-corrected chi connectivity index (χ0v) is 16.5. The molecule has 2 aromatic rings. The van der Waals surface area contributed by atoms with Gasteiger partial charge >= 0.3 is 0 Å². The van der Waals surface area contributed by atoms with Crippen molar-refractivity contribution in [2.75, 3.05) is 19.4 Å². The van der Waals surface area contributed by atoms with Crippen molar-refractivity contribution < 1.29 is 9.59 Å². The fourth-order valence-electron chi connectivity index (χ4n) is 2.87. The zero-order valence-electron chi connectivity index (χ0n) is 16.5. The second-order valence-corrected chi connectivity index (χ2v) is 7.23. The largest absolute Gasteiger partial charge is 0.345 e. The first-order valence-corrected chi connectivity index (χ1v) is 8.83. The van der Waals surface area contributed by atoms with Crippen LogP contribution in [0, 0.1) is 19.8 Å². The summed E-state index contributed by atoms with van der Waals surface area (Å²) < 4.78 is 1.97. The van der Waals surface area contributed by atoms with Crippen LogP contribution in [0.2, 0.25) is 0 Å². The van der Waals surface area contributed by atoms with E-state index in [4.69, 9.17) is 0 Å². The highest BCUT2D eigenvalue weighted by Gasteiger charge is 2.16. The molecule has 2 amide bonds. The average Bonchev–Trinajstić information content (AvgIpc) is 2.81. The normalized spacial score (nSPS) is 10.9. The molecule has 0 aliphatic rings. The molecule has 1 N–H and O–H groups in total. The molecule has 140 valence electrons. The number of amides is 2. The van der Waals surface area contributed by atoms with Gasteiger partial charge in [0, 0.05) is 43.1 Å². The fourth-order valence-corrected chi connectivity index (χ4v) is 2.87. The molecule has 1 aromatic heterocycles. The highest BCUT2D eigenvalue weighted by atomic mass is 16.2. The molecule has 6 heteroatoms. The molecule has 0 spiro atoms. The van der Waals surface area contributed by atoms with E-state index in [1.165, 1.54) is 4.90 Å². The van der Waals surface area contributed by atoms with E-state index >= 15 is 0 Å². The minimum Gasteiger partial charge on any atom is -0.345 e. The second-order valence-electron chi connectivity index (χ2n) is 7.23. The summed E-state index contributed by atoms with van der Waals surface area (Å²) in [6, 6.07) is 6.99. The van der Waals surface area contributed by atoms with Gasteiger partial charge in [0.05, 0.1) is 12.1 Å². The van der Waals surface area contributed by atoms with Crippen LogP contribution in [0.15, 0.2) is 24.3 Å². The lowest BCUT2D eigenvalue weighted by Gasteiger charge is -2.12. The summed E-state index contributed by atoms with van der Waals surface area (Å²) in [6.07, 6.45) is 0.265. The van der Waals surface area contributed by atoms with E-state index in [1.54, 1.807) is 38.4 Å². The third-order valence-electron chi connectivity index (χ3n) is 4.21. The van der Waals surface area contributed by atoms with E-state index < -0.39 is 0 Å². The maximum Gasteiger partial charge on any atom is 0.253 e. The highest BCUT2D eigenvalue weighted by Crippen LogP contribution is 2.17. The molecule has 0 aliphatic carbocycles. The third-order valence-corrected chi connectivity index (χ3v) is 4.21. The summed E-state index contributed by atoms with van der Waals surface area (Å²) >= 11 is 0. The number of hydrogen-bond acceptors (Lipinski definition) is 3. The predicted molar refractivity (Wildman–Crippen MR) is 103 cm³/mol. The van der Waals surface area contributed by atoms with Gasteiger partial charge in [-0.1, -0.05) is 19.9 Å². The van der Waals surface area contributed by atoms with E-state index in [0.29, 0.717) is 17.2 Å². The Morgan fingerprint density at radius 2 is 1.92 bits per heavy atom. The first-order valence-electron chi connectivity index (χ1n) is 8.83. The molecule has 0 bridgehead atoms. The van der Waals surface area contributed by atoms with Crippen molar-refractivity contribution in [3.63, 3.8) is 0 Å². The molecule has 0 saturated heterocycles. The minimum absolute atomic E-state index is 0.0947. The number of aryl methyl sites for hydroxylation is 1. The third kappa shape index (κ3) is 4.71. The molecule has 0 aliphatic heterocycles. The number of benzene rings is 1. The van der Waals surface area contributed by atoms with Gasteiger partial charge in [0.2, 0.25) is 5.91 Å². The molecule has 0 fully saturated rings. The Hall–Kier alpha value is -2.63. The second kappa shape index (κ2) is 8.17. The monoisotopic (exact) mass is 356 g/mol. The van der Waals surface area contributed by atoms with Crippen molar-refractivity contribution in [2.45, 2.75) is 40.7 Å². The number of hydrogen-bond donors (Lipinski definition) is 1. The Morgan fingerprint density at radius 1 is 1.23 bits per heavy atom. The predicted octanol–water partition coefficient (Wildman–Crippen LogP) is 3.04. The lowest BCUT2D eigenvalue weighted by atomic mass is 10.1. The van der Waals surface area contributed by atoms with E-state index in [1.807, 2.05) is 18.5 Å². The number of anilines is 1. The van der Waals surface area contributed by atoms with Gasteiger partial charge in [-0.3, -0.25) is 14.3 Å². The molecule has 2 rings (SSSR count). The Labute approximate surface area is 155 Å². The minimum atomic E-state index is -0.116. The quantitative estimate of drug-likeness (QED) is 0.865. The van der Waals surface area contributed by atoms with Gasteiger partial charge < -0.3 is 10.2 Å². The Morgan fingerprint density at radius 3 is 2.54 bits per heavy atom. The molecule has 0 radical (unpaired) electrons. The van der Waals surface area contributed by atoms with Gasteiger partial charge in [-0.15, -0.1) is 0 Å². The highest BCUT2D eigenvalue weighted by molar-refractivity contribution is 5.97. The number of carbonyl (C=O) groups excluding carboxylic acids is 2. The van der Waals surface area contributed by atoms with Gasteiger partial charge in [-0.05, 0) is 38.0 Å². The van der Waals surface area contributed by atoms with Crippen LogP contribution in [-0.4, -0.2) is 40.6 Å². The Kier molecular flexibility index (Phi) is 6.18. The maximum absolute atomic E-state index is 12.5. The lowest BCUT2D eigenvalue weighted by molar-refractivity contribution is -0.115. The SMILES string of the molecule is Cc1nn(CC(C)C)c(C)c1CC(=O)Nc1cccc(C(=O)N(C)C)c1. The molecular weight excluding hydrogens is 328 g/mol. The van der Waals surface area contributed by atoms with Crippen molar-refractivity contribution in [2.24, 2.45) is 5.92 Å². The molecule has 1 aromatic carbocycles. The number of nitrogens with one attached hydrogen (secondary N) is 1. The number of rotatable bonds is 6. The van der Waals surface area contributed by atoms with Crippen molar-refractivity contribution >= 4 is 17.5 Å². The molecule has 26 heavy (non-hydrogen) atoms. The summed E-state index contributed by atoms with van der Waals surface area (Å²) in [5.74, 6) is 0.282. The smallest absolute Gasteiger partial charge is 0.253 e. The van der Waals surface area contributed by atoms with Crippen LogP contribution < -0.4 is 5.32 Å². The van der Waals surface area contributed by atoms with Crippen LogP contribution in [-0.2, 0) is 17.8 Å². The molecule has 0 saturated carbocycles. The first kappa shape index (κ1) is 19.7. The van der Waals surface area contributed by atoms with Gasteiger partial charge in [0.25, 0.3) is 5.91 Å². The number of aromatic nitrogens is 2. The molecular formula is C20H28N4O2. The molecule has 0 atom stereocenters. The van der Waals surface area contributed by atoms with Crippen LogP contribution in [0.25, 0.3) is 0 Å². The summed E-state index contributed by atoms with van der Waals surface area (Å²) in [4.78, 5) is 26.1. The van der Waals surface area contributed by atoms with E-state index in [2.05, 4.69) is 24.3 Å². The molecule has 6 nitrogen and oxygen atoms in total. The topological polar surface area (TPSA) is 67.2 Å². The van der Waals surface area contributed by atoms with Gasteiger partial charge in [0.1, 0.15) is 0 Å². The van der Waals surface area contributed by atoms with Crippen LogP contribution in [0.3, 0.4) is 0 Å². The van der Waals surface area contributed by atoms with Crippen molar-refractivity contribution in [1.82, 2.24) is 14.7 Å². The summed E-state index contributed by atoms with van der Waals surface area (Å²) in [7, 11) is 3.40. The van der Waals surface area contributed by atoms with Crippen LogP contribution in [0.4, 0.5) is 5.69 Å². The maximum atomic E-state index is 12.5. The van der Waals surface area contributed by atoms with E-state index in [-0.39, 0.29) is 18.2 Å². The fraction of sp³-hybridized carbons (Fsp3) is 0.450. The van der Waals surface area contributed by atoms with Crippen molar-refractivity contribution in [3.05, 3.63) is 46.8 Å². The van der Waals surface area contributed by atoms with Gasteiger partial charge in [-0.2, -0.15) is 5.10 Å². The summed E-state index contributed by atoms with van der Waals surface area (Å²) in [6.45, 7) is 9.06. The zero-order chi connectivity index (χ0) is 19.4. The Balaban J connectivity index is 2.11. The van der Waals surface area contributed by atoms with Crippen LogP contribution in [0.1, 0.15) is 41.2 Å². The van der Waals surface area contributed by atoms with Crippen LogP contribution >= 0.6 is 0 Å². The number of nitrogens with zero attached hydrogens (tertiary/aromatic N) is 3. The molecule has 1 heterocycles. The van der Waals surface area contributed by atoms with E-state index in [9.17, 15) is 9.59 Å². The lowest BCUT2D eigenvalue weighted by Crippen LogP contribution is -2.22. The van der Waals surface area contributed by atoms with E-state index in [0.717, 1.165) is 23.5 Å². The Bertz CT molecular complexity index is 806. The molecule has 0 unspecified atom stereocenters. The van der Waals surface area contributed by atoms with Crippen molar-refractivity contribution in [3.8, 4) is 0 Å². The first-order chi connectivity index (χ1) is 12.2. The van der Waals surface area contributed by atoms with Crippen LogP contribution in [0.5, 0.6) is 0 Å². The average molecular weight is 356 g/mol. The summed E-state index contributed by atoms with van der Waals surface area (Å²) in [5.41, 5.74) is 4.04.